The quantitative estimate of drug-likeness (QED) is 0.783. The molecule has 4 rings (SSSR count). The lowest BCUT2D eigenvalue weighted by atomic mass is 9.82. The molecular weight excluding hydrogens is 342 g/mol. The van der Waals surface area contributed by atoms with Crippen LogP contribution >= 0.6 is 0 Å². The topological polar surface area (TPSA) is 78.5 Å². The molecule has 144 valence electrons. The van der Waals surface area contributed by atoms with Crippen molar-refractivity contribution in [2.45, 2.75) is 50.5 Å². The summed E-state index contributed by atoms with van der Waals surface area (Å²) in [7, 11) is 0. The predicted molar refractivity (Wildman–Crippen MR) is 101 cm³/mol. The van der Waals surface area contributed by atoms with E-state index in [1.165, 1.54) is 5.56 Å². The summed E-state index contributed by atoms with van der Waals surface area (Å²) in [4.78, 5) is 39.0. The van der Waals surface area contributed by atoms with Crippen LogP contribution in [0.5, 0.6) is 0 Å². The molecule has 2 heterocycles. The Morgan fingerprint density at radius 2 is 1.81 bits per heavy atom. The fourth-order valence-corrected chi connectivity index (χ4v) is 4.72. The van der Waals surface area contributed by atoms with E-state index in [0.29, 0.717) is 12.3 Å². The van der Waals surface area contributed by atoms with Crippen LogP contribution in [0.2, 0.25) is 0 Å². The molecule has 0 unspecified atom stereocenters. The van der Waals surface area contributed by atoms with Gasteiger partial charge in [0.25, 0.3) is 5.91 Å². The lowest BCUT2D eigenvalue weighted by Gasteiger charge is -2.35. The van der Waals surface area contributed by atoms with E-state index in [0.717, 1.165) is 38.8 Å². The monoisotopic (exact) mass is 369 g/mol. The standard InChI is InChI=1S/C21H27N3O3/c1-14(13-21(17-7-8-17)19(26)22-20(27)23-21)18(25)24-11-9-16(10-12-24)15-5-3-2-4-6-15/h2-6,14,16-17H,7-13H2,1H3,(H2,22,23,26,27)/t14-,21-/m0/s1. The molecule has 0 radical (unpaired) electrons. The Labute approximate surface area is 159 Å². The molecule has 4 amide bonds. The highest BCUT2D eigenvalue weighted by molar-refractivity contribution is 6.07. The van der Waals surface area contributed by atoms with Gasteiger partial charge in [-0.1, -0.05) is 37.3 Å². The summed E-state index contributed by atoms with van der Waals surface area (Å²) in [6.45, 7) is 3.38. The van der Waals surface area contributed by atoms with E-state index in [9.17, 15) is 14.4 Å². The smallest absolute Gasteiger partial charge is 0.322 e. The summed E-state index contributed by atoms with van der Waals surface area (Å²) < 4.78 is 0. The number of piperidine rings is 1. The number of carbonyl (C=O) groups is 3. The Balaban J connectivity index is 1.37. The van der Waals surface area contributed by atoms with Gasteiger partial charge in [-0.15, -0.1) is 0 Å². The van der Waals surface area contributed by atoms with Crippen molar-refractivity contribution in [3.63, 3.8) is 0 Å². The molecule has 0 bridgehead atoms. The summed E-state index contributed by atoms with van der Waals surface area (Å²) in [6, 6.07) is 10.0. The third-order valence-electron chi connectivity index (χ3n) is 6.37. The lowest BCUT2D eigenvalue weighted by Crippen LogP contribution is -2.52. The first-order valence-corrected chi connectivity index (χ1v) is 9.97. The van der Waals surface area contributed by atoms with Crippen LogP contribution in [0, 0.1) is 11.8 Å². The molecule has 2 aliphatic heterocycles. The van der Waals surface area contributed by atoms with Gasteiger partial charge in [0.15, 0.2) is 0 Å². The zero-order valence-electron chi connectivity index (χ0n) is 15.7. The van der Waals surface area contributed by atoms with Crippen LogP contribution in [-0.2, 0) is 9.59 Å². The van der Waals surface area contributed by atoms with Crippen LogP contribution in [0.3, 0.4) is 0 Å². The molecule has 1 saturated carbocycles. The van der Waals surface area contributed by atoms with E-state index < -0.39 is 11.6 Å². The van der Waals surface area contributed by atoms with Crippen LogP contribution in [0.15, 0.2) is 30.3 Å². The first-order valence-electron chi connectivity index (χ1n) is 9.97. The van der Waals surface area contributed by atoms with Crippen LogP contribution in [0.25, 0.3) is 0 Å². The highest BCUT2D eigenvalue weighted by Gasteiger charge is 2.56. The first kappa shape index (κ1) is 18.0. The maximum atomic E-state index is 13.0. The van der Waals surface area contributed by atoms with Crippen molar-refractivity contribution in [3.05, 3.63) is 35.9 Å². The molecular formula is C21H27N3O3. The van der Waals surface area contributed by atoms with Crippen LogP contribution in [-0.4, -0.2) is 41.4 Å². The number of nitrogens with zero attached hydrogens (tertiary/aromatic N) is 1. The number of carbonyl (C=O) groups excluding carboxylic acids is 3. The summed E-state index contributed by atoms with van der Waals surface area (Å²) in [5.41, 5.74) is 0.449. The number of amides is 4. The molecule has 2 N–H and O–H groups in total. The molecule has 2 atom stereocenters. The average molecular weight is 369 g/mol. The van der Waals surface area contributed by atoms with Crippen molar-refractivity contribution < 1.29 is 14.4 Å². The molecule has 1 aromatic carbocycles. The Hall–Kier alpha value is -2.37. The summed E-state index contributed by atoms with van der Waals surface area (Å²) in [6.07, 6.45) is 4.17. The molecule has 6 heteroatoms. The fraction of sp³-hybridized carbons (Fsp3) is 0.571. The second-order valence-corrected chi connectivity index (χ2v) is 8.27. The first-order chi connectivity index (χ1) is 13.0. The van der Waals surface area contributed by atoms with E-state index in [4.69, 9.17) is 0 Å². The zero-order chi connectivity index (χ0) is 19.0. The Morgan fingerprint density at radius 1 is 1.15 bits per heavy atom. The number of urea groups is 1. The van der Waals surface area contributed by atoms with E-state index >= 15 is 0 Å². The number of likely N-dealkylation sites (tertiary alicyclic amines) is 1. The maximum Gasteiger partial charge on any atom is 0.322 e. The van der Waals surface area contributed by atoms with Gasteiger partial charge >= 0.3 is 6.03 Å². The normalized spacial score (nSPS) is 27.2. The maximum absolute atomic E-state index is 13.0. The lowest BCUT2D eigenvalue weighted by molar-refractivity contribution is -0.137. The highest BCUT2D eigenvalue weighted by atomic mass is 16.2. The second-order valence-electron chi connectivity index (χ2n) is 8.27. The Kier molecular flexibility index (Phi) is 4.66. The number of imide groups is 1. The summed E-state index contributed by atoms with van der Waals surface area (Å²) in [5, 5.41) is 5.19. The van der Waals surface area contributed by atoms with Gasteiger partial charge in [0.2, 0.25) is 5.91 Å². The minimum atomic E-state index is -0.894. The number of nitrogens with one attached hydrogen (secondary N) is 2. The number of rotatable bonds is 5. The summed E-state index contributed by atoms with van der Waals surface area (Å²) >= 11 is 0. The molecule has 3 fully saturated rings. The van der Waals surface area contributed by atoms with Crippen LogP contribution < -0.4 is 10.6 Å². The van der Waals surface area contributed by atoms with Gasteiger partial charge in [-0.25, -0.2) is 4.79 Å². The van der Waals surface area contributed by atoms with Crippen molar-refractivity contribution in [1.29, 1.82) is 0 Å². The van der Waals surface area contributed by atoms with Crippen molar-refractivity contribution in [3.8, 4) is 0 Å². The van der Waals surface area contributed by atoms with E-state index in [-0.39, 0.29) is 23.7 Å². The minimum Gasteiger partial charge on any atom is -0.342 e. The van der Waals surface area contributed by atoms with Gasteiger partial charge in [-0.3, -0.25) is 14.9 Å². The van der Waals surface area contributed by atoms with Crippen LogP contribution in [0.4, 0.5) is 4.79 Å². The van der Waals surface area contributed by atoms with Gasteiger partial charge in [0.05, 0.1) is 0 Å². The van der Waals surface area contributed by atoms with Gasteiger partial charge in [0, 0.05) is 19.0 Å². The molecule has 3 aliphatic rings. The predicted octanol–water partition coefficient (Wildman–Crippen LogP) is 2.41. The Bertz CT molecular complexity index is 738. The molecule has 1 aliphatic carbocycles. The SMILES string of the molecule is C[C@@H](C[C@@]1(C2CC2)NC(=O)NC1=O)C(=O)N1CCC(c2ccccc2)CC1. The molecule has 0 aromatic heterocycles. The van der Waals surface area contributed by atoms with Crippen molar-refractivity contribution in [1.82, 2.24) is 15.5 Å². The van der Waals surface area contributed by atoms with Crippen molar-refractivity contribution in [2.75, 3.05) is 13.1 Å². The largest absolute Gasteiger partial charge is 0.342 e. The third kappa shape index (κ3) is 3.45. The highest BCUT2D eigenvalue weighted by Crippen LogP contribution is 2.44. The van der Waals surface area contributed by atoms with Gasteiger partial charge in [-0.05, 0) is 49.5 Å². The molecule has 1 aromatic rings. The minimum absolute atomic E-state index is 0.0930. The average Bonchev–Trinajstić information content (AvgIpc) is 3.49. The molecule has 0 spiro atoms. The van der Waals surface area contributed by atoms with Crippen LogP contribution in [0.1, 0.15) is 50.5 Å². The fourth-order valence-electron chi connectivity index (χ4n) is 4.72. The zero-order valence-corrected chi connectivity index (χ0v) is 15.7. The van der Waals surface area contributed by atoms with Gasteiger partial charge in [-0.2, -0.15) is 0 Å². The van der Waals surface area contributed by atoms with E-state index in [2.05, 4.69) is 34.9 Å². The van der Waals surface area contributed by atoms with E-state index in [1.807, 2.05) is 17.9 Å². The number of benzene rings is 1. The Morgan fingerprint density at radius 3 is 2.37 bits per heavy atom. The number of hydrogen-bond acceptors (Lipinski definition) is 3. The van der Waals surface area contributed by atoms with E-state index in [1.54, 1.807) is 0 Å². The van der Waals surface area contributed by atoms with Crippen molar-refractivity contribution >= 4 is 17.8 Å². The van der Waals surface area contributed by atoms with Crippen molar-refractivity contribution in [2.24, 2.45) is 11.8 Å². The number of hydrogen-bond donors (Lipinski definition) is 2. The van der Waals surface area contributed by atoms with Gasteiger partial charge < -0.3 is 10.2 Å². The second kappa shape index (κ2) is 6.98. The molecule has 27 heavy (non-hydrogen) atoms. The molecule has 6 nitrogen and oxygen atoms in total. The molecule has 2 saturated heterocycles. The van der Waals surface area contributed by atoms with Gasteiger partial charge in [0.1, 0.15) is 5.54 Å². The third-order valence-corrected chi connectivity index (χ3v) is 6.37. The summed E-state index contributed by atoms with van der Waals surface area (Å²) in [5.74, 6) is 0.197.